The SMILES string of the molecule is COc1ccc([N+](=O)[O-])cc1-n1c(C)cc(/C=C2/C(=O)N(c3ccccc3)N=C2C)c1C. The molecule has 0 saturated carbocycles. The van der Waals surface area contributed by atoms with Gasteiger partial charge in [0.2, 0.25) is 0 Å². The molecule has 162 valence electrons. The minimum absolute atomic E-state index is 0.0272. The summed E-state index contributed by atoms with van der Waals surface area (Å²) in [7, 11) is 1.52. The van der Waals surface area contributed by atoms with Crippen LogP contribution in [0.2, 0.25) is 0 Å². The number of hydrazone groups is 1. The Kier molecular flexibility index (Phi) is 5.36. The van der Waals surface area contributed by atoms with E-state index in [1.165, 1.54) is 24.3 Å². The quantitative estimate of drug-likeness (QED) is 0.330. The molecule has 1 aromatic heterocycles. The first-order valence-corrected chi connectivity index (χ1v) is 10.0. The number of rotatable bonds is 5. The van der Waals surface area contributed by atoms with E-state index in [1.807, 2.05) is 60.9 Å². The molecule has 0 fully saturated rings. The highest BCUT2D eigenvalue weighted by molar-refractivity contribution is 6.32. The van der Waals surface area contributed by atoms with Crippen LogP contribution >= 0.6 is 0 Å². The number of non-ortho nitro benzene ring substituents is 1. The lowest BCUT2D eigenvalue weighted by Crippen LogP contribution is -2.21. The lowest BCUT2D eigenvalue weighted by molar-refractivity contribution is -0.384. The van der Waals surface area contributed by atoms with Gasteiger partial charge in [0.1, 0.15) is 5.75 Å². The van der Waals surface area contributed by atoms with Gasteiger partial charge in [0.05, 0.1) is 34.7 Å². The van der Waals surface area contributed by atoms with Crippen LogP contribution in [0.4, 0.5) is 11.4 Å². The molecule has 0 atom stereocenters. The van der Waals surface area contributed by atoms with Crippen LogP contribution in [0.1, 0.15) is 23.9 Å². The monoisotopic (exact) mass is 430 g/mol. The Morgan fingerprint density at radius 1 is 1.06 bits per heavy atom. The van der Waals surface area contributed by atoms with Crippen LogP contribution in [0.3, 0.4) is 0 Å². The number of aromatic nitrogens is 1. The van der Waals surface area contributed by atoms with E-state index in [-0.39, 0.29) is 11.6 Å². The first kappa shape index (κ1) is 21.0. The Hall–Kier alpha value is -4.20. The molecule has 32 heavy (non-hydrogen) atoms. The van der Waals surface area contributed by atoms with Gasteiger partial charge in [0.25, 0.3) is 11.6 Å². The zero-order valence-electron chi connectivity index (χ0n) is 18.2. The second-order valence-electron chi connectivity index (χ2n) is 7.47. The van der Waals surface area contributed by atoms with Gasteiger partial charge in [-0.25, -0.2) is 0 Å². The van der Waals surface area contributed by atoms with Crippen molar-refractivity contribution >= 4 is 29.1 Å². The second-order valence-corrected chi connectivity index (χ2v) is 7.47. The highest BCUT2D eigenvalue weighted by Crippen LogP contribution is 2.33. The maximum atomic E-state index is 13.1. The van der Waals surface area contributed by atoms with Crippen molar-refractivity contribution < 1.29 is 14.5 Å². The van der Waals surface area contributed by atoms with Gasteiger partial charge in [-0.2, -0.15) is 10.1 Å². The number of benzene rings is 2. The van der Waals surface area contributed by atoms with E-state index in [1.54, 1.807) is 13.0 Å². The molecular weight excluding hydrogens is 408 g/mol. The average Bonchev–Trinajstić information content (AvgIpc) is 3.23. The molecule has 8 nitrogen and oxygen atoms in total. The van der Waals surface area contributed by atoms with Crippen molar-refractivity contribution in [2.75, 3.05) is 12.1 Å². The molecule has 0 aliphatic carbocycles. The van der Waals surface area contributed by atoms with Crippen molar-refractivity contribution in [2.24, 2.45) is 5.10 Å². The number of anilines is 1. The number of methoxy groups -OCH3 is 1. The highest BCUT2D eigenvalue weighted by Gasteiger charge is 2.29. The maximum Gasteiger partial charge on any atom is 0.280 e. The van der Waals surface area contributed by atoms with Crippen molar-refractivity contribution in [1.82, 2.24) is 4.57 Å². The van der Waals surface area contributed by atoms with Crippen LogP contribution < -0.4 is 9.75 Å². The standard InChI is InChI=1S/C24H22N4O4/c1-15-12-18(13-21-16(2)25-27(24(21)29)19-8-6-5-7-9-19)17(3)26(15)22-14-20(28(30)31)10-11-23(22)32-4/h5-14H,1-4H3/b21-13+. The van der Waals surface area contributed by atoms with E-state index < -0.39 is 4.92 Å². The second kappa shape index (κ2) is 8.14. The third-order valence-corrected chi connectivity index (χ3v) is 5.45. The molecule has 1 aliphatic heterocycles. The fourth-order valence-electron chi connectivity index (χ4n) is 3.86. The molecule has 0 radical (unpaired) electrons. The number of amides is 1. The molecule has 1 aliphatic rings. The molecule has 1 amide bonds. The van der Waals surface area contributed by atoms with Gasteiger partial charge in [-0.05, 0) is 56.7 Å². The van der Waals surface area contributed by atoms with Gasteiger partial charge in [-0.15, -0.1) is 0 Å². The van der Waals surface area contributed by atoms with Crippen molar-refractivity contribution in [2.45, 2.75) is 20.8 Å². The predicted octanol–water partition coefficient (Wildman–Crippen LogP) is 4.82. The largest absolute Gasteiger partial charge is 0.495 e. The molecule has 0 spiro atoms. The van der Waals surface area contributed by atoms with E-state index in [0.29, 0.717) is 28.4 Å². The van der Waals surface area contributed by atoms with Crippen LogP contribution in [0.5, 0.6) is 5.75 Å². The van der Waals surface area contributed by atoms with Crippen molar-refractivity contribution in [1.29, 1.82) is 0 Å². The lowest BCUT2D eigenvalue weighted by atomic mass is 10.1. The van der Waals surface area contributed by atoms with Crippen LogP contribution in [-0.4, -0.2) is 28.2 Å². The summed E-state index contributed by atoms with van der Waals surface area (Å²) in [6.07, 6.45) is 1.81. The van der Waals surface area contributed by atoms with Gasteiger partial charge in [0, 0.05) is 23.5 Å². The molecule has 4 rings (SSSR count). The maximum absolute atomic E-state index is 13.1. The van der Waals surface area contributed by atoms with Crippen molar-refractivity contribution in [3.63, 3.8) is 0 Å². The fraction of sp³-hybridized carbons (Fsp3) is 0.167. The smallest absolute Gasteiger partial charge is 0.280 e. The van der Waals surface area contributed by atoms with E-state index in [2.05, 4.69) is 5.10 Å². The summed E-state index contributed by atoms with van der Waals surface area (Å²) in [6.45, 7) is 5.61. The number of ether oxygens (including phenoxy) is 1. The van der Waals surface area contributed by atoms with Gasteiger partial charge in [-0.3, -0.25) is 14.9 Å². The highest BCUT2D eigenvalue weighted by atomic mass is 16.6. The van der Waals surface area contributed by atoms with E-state index >= 15 is 0 Å². The Balaban J connectivity index is 1.78. The van der Waals surface area contributed by atoms with Gasteiger partial charge >= 0.3 is 0 Å². The third-order valence-electron chi connectivity index (χ3n) is 5.45. The minimum atomic E-state index is -0.435. The van der Waals surface area contributed by atoms with Crippen LogP contribution in [0, 0.1) is 24.0 Å². The Bertz CT molecular complexity index is 1290. The summed E-state index contributed by atoms with van der Waals surface area (Å²) >= 11 is 0. The number of nitro benzene ring substituents is 1. The zero-order valence-corrected chi connectivity index (χ0v) is 18.2. The molecule has 2 aromatic carbocycles. The number of carbonyl (C=O) groups is 1. The average molecular weight is 430 g/mol. The summed E-state index contributed by atoms with van der Waals surface area (Å²) in [4.78, 5) is 23.9. The number of carbonyl (C=O) groups excluding carboxylic acids is 1. The molecule has 0 unspecified atom stereocenters. The number of nitrogens with zero attached hydrogens (tertiary/aromatic N) is 4. The molecular formula is C24H22N4O4. The Morgan fingerprint density at radius 2 is 1.78 bits per heavy atom. The number of para-hydroxylation sites is 1. The summed E-state index contributed by atoms with van der Waals surface area (Å²) in [5.41, 5.74) is 4.87. The fourth-order valence-corrected chi connectivity index (χ4v) is 3.86. The molecule has 8 heteroatoms. The van der Waals surface area contributed by atoms with Crippen LogP contribution in [0.25, 0.3) is 11.8 Å². The first-order chi connectivity index (χ1) is 15.3. The van der Waals surface area contributed by atoms with Crippen molar-refractivity contribution in [3.8, 4) is 11.4 Å². The topological polar surface area (TPSA) is 90.0 Å². The minimum Gasteiger partial charge on any atom is -0.495 e. The van der Waals surface area contributed by atoms with Crippen molar-refractivity contribution in [3.05, 3.63) is 87.2 Å². The number of aryl methyl sites for hydroxylation is 1. The van der Waals surface area contributed by atoms with E-state index in [9.17, 15) is 14.9 Å². The first-order valence-electron chi connectivity index (χ1n) is 10.0. The molecule has 0 saturated heterocycles. The predicted molar refractivity (Wildman–Crippen MR) is 123 cm³/mol. The number of hydrogen-bond acceptors (Lipinski definition) is 5. The third kappa shape index (κ3) is 3.56. The van der Waals surface area contributed by atoms with E-state index in [0.717, 1.165) is 17.0 Å². The Labute approximate surface area is 185 Å². The van der Waals surface area contributed by atoms with E-state index in [4.69, 9.17) is 4.74 Å². The molecule has 2 heterocycles. The summed E-state index contributed by atoms with van der Waals surface area (Å²) in [5.74, 6) is 0.313. The number of nitro groups is 1. The molecule has 3 aromatic rings. The van der Waals surface area contributed by atoms with Crippen LogP contribution in [0.15, 0.2) is 65.3 Å². The van der Waals surface area contributed by atoms with Gasteiger partial charge < -0.3 is 9.30 Å². The van der Waals surface area contributed by atoms with Gasteiger partial charge in [-0.1, -0.05) is 18.2 Å². The van der Waals surface area contributed by atoms with Gasteiger partial charge in [0.15, 0.2) is 0 Å². The normalized spacial score (nSPS) is 14.8. The number of hydrogen-bond donors (Lipinski definition) is 0. The lowest BCUT2D eigenvalue weighted by Gasteiger charge is -2.14. The Morgan fingerprint density at radius 3 is 2.44 bits per heavy atom. The molecule has 0 bridgehead atoms. The summed E-state index contributed by atoms with van der Waals surface area (Å²) < 4.78 is 7.33. The summed E-state index contributed by atoms with van der Waals surface area (Å²) in [5, 5.41) is 17.1. The zero-order chi connectivity index (χ0) is 23.0. The molecule has 0 N–H and O–H groups in total. The summed E-state index contributed by atoms with van der Waals surface area (Å²) in [6, 6.07) is 15.7. The van der Waals surface area contributed by atoms with Crippen LogP contribution in [-0.2, 0) is 4.79 Å².